The summed E-state index contributed by atoms with van der Waals surface area (Å²) in [4.78, 5) is 48.6. The van der Waals surface area contributed by atoms with Crippen molar-refractivity contribution in [2.24, 2.45) is 0 Å². The molecule has 0 bridgehead atoms. The summed E-state index contributed by atoms with van der Waals surface area (Å²) < 4.78 is 0. The molecule has 0 atom stereocenters. The average molecular weight is 457 g/mol. The number of hydrogen-bond donors (Lipinski definition) is 1. The monoisotopic (exact) mass is 456 g/mol. The number of hydrogen-bond acceptors (Lipinski definition) is 6. The Morgan fingerprint density at radius 2 is 1.53 bits per heavy atom. The van der Waals surface area contributed by atoms with Gasteiger partial charge < -0.3 is 19.6 Å². The fourth-order valence-electron chi connectivity index (χ4n) is 3.96. The number of nitrogens with zero attached hydrogens (tertiary/aromatic N) is 5. The standard InChI is InChI=1S/C22H28N6O3S/c1-17(29)25-7-13-28(14-8-25)22(31)24-21-23-18(16-32-21)15-20(30)27-11-9-26(10-12-27)19-5-3-2-4-6-19/h2-6,16H,7-15H2,1H3,(H,23,24,31). The molecule has 2 fully saturated rings. The first-order chi connectivity index (χ1) is 15.5. The highest BCUT2D eigenvalue weighted by Gasteiger charge is 2.24. The number of benzene rings is 1. The number of carbonyl (C=O) groups excluding carboxylic acids is 3. The fourth-order valence-corrected chi connectivity index (χ4v) is 4.66. The molecule has 2 aromatic rings. The lowest BCUT2D eigenvalue weighted by molar-refractivity contribution is -0.131. The largest absolute Gasteiger partial charge is 0.368 e. The van der Waals surface area contributed by atoms with Crippen molar-refractivity contribution >= 4 is 40.0 Å². The van der Waals surface area contributed by atoms with Gasteiger partial charge in [0.1, 0.15) is 0 Å². The van der Waals surface area contributed by atoms with E-state index in [0.717, 1.165) is 13.1 Å². The van der Waals surface area contributed by atoms with Crippen LogP contribution in [0.2, 0.25) is 0 Å². The highest BCUT2D eigenvalue weighted by atomic mass is 32.1. The Labute approximate surface area is 191 Å². The van der Waals surface area contributed by atoms with Gasteiger partial charge in [-0.3, -0.25) is 14.9 Å². The molecule has 1 aromatic heterocycles. The smallest absolute Gasteiger partial charge is 0.323 e. The zero-order chi connectivity index (χ0) is 22.5. The lowest BCUT2D eigenvalue weighted by Gasteiger charge is -2.36. The summed E-state index contributed by atoms with van der Waals surface area (Å²) in [5.74, 6) is 0.0852. The van der Waals surface area contributed by atoms with E-state index in [1.807, 2.05) is 28.5 Å². The molecule has 3 heterocycles. The van der Waals surface area contributed by atoms with Crippen LogP contribution in [-0.2, 0) is 16.0 Å². The van der Waals surface area contributed by atoms with Gasteiger partial charge in [-0.25, -0.2) is 9.78 Å². The second-order valence-corrected chi connectivity index (χ2v) is 8.81. The summed E-state index contributed by atoms with van der Waals surface area (Å²) >= 11 is 1.32. The number of aromatic nitrogens is 1. The van der Waals surface area contributed by atoms with Gasteiger partial charge in [0.15, 0.2) is 5.13 Å². The van der Waals surface area contributed by atoms with E-state index >= 15 is 0 Å². The van der Waals surface area contributed by atoms with Crippen molar-refractivity contribution in [3.05, 3.63) is 41.4 Å². The molecule has 1 N–H and O–H groups in total. The minimum atomic E-state index is -0.225. The summed E-state index contributed by atoms with van der Waals surface area (Å²) in [6.45, 7) is 6.61. The zero-order valence-corrected chi connectivity index (χ0v) is 19.0. The first kappa shape index (κ1) is 22.1. The maximum absolute atomic E-state index is 12.7. The minimum Gasteiger partial charge on any atom is -0.368 e. The minimum absolute atomic E-state index is 0.0285. The Bertz CT molecular complexity index is 950. The molecule has 0 radical (unpaired) electrons. The molecule has 2 aliphatic heterocycles. The van der Waals surface area contributed by atoms with Crippen LogP contribution in [0.3, 0.4) is 0 Å². The normalized spacial score (nSPS) is 16.8. The number of amides is 4. The number of urea groups is 1. The Morgan fingerprint density at radius 1 is 0.906 bits per heavy atom. The van der Waals surface area contributed by atoms with Crippen molar-refractivity contribution in [2.75, 3.05) is 62.6 Å². The maximum Gasteiger partial charge on any atom is 0.323 e. The van der Waals surface area contributed by atoms with Crippen LogP contribution in [-0.4, -0.2) is 89.9 Å². The number of carbonyl (C=O) groups is 3. The van der Waals surface area contributed by atoms with Crippen molar-refractivity contribution in [1.82, 2.24) is 19.7 Å². The van der Waals surface area contributed by atoms with Gasteiger partial charge in [0.25, 0.3) is 0 Å². The van der Waals surface area contributed by atoms with Gasteiger partial charge in [0.2, 0.25) is 11.8 Å². The van der Waals surface area contributed by atoms with Gasteiger partial charge in [0.05, 0.1) is 12.1 Å². The predicted octanol–water partition coefficient (Wildman–Crippen LogP) is 1.73. The molecule has 4 amide bonds. The number of rotatable bonds is 4. The van der Waals surface area contributed by atoms with Gasteiger partial charge in [-0.1, -0.05) is 18.2 Å². The van der Waals surface area contributed by atoms with Crippen LogP contribution in [0.15, 0.2) is 35.7 Å². The fraction of sp³-hybridized carbons (Fsp3) is 0.455. The molecule has 0 unspecified atom stereocenters. The lowest BCUT2D eigenvalue weighted by atomic mass is 10.2. The number of nitrogens with one attached hydrogen (secondary N) is 1. The van der Waals surface area contributed by atoms with E-state index in [1.54, 1.807) is 9.80 Å². The molecule has 32 heavy (non-hydrogen) atoms. The third-order valence-corrected chi connectivity index (χ3v) is 6.67. The SMILES string of the molecule is CC(=O)N1CCN(C(=O)Nc2nc(CC(=O)N3CCN(c4ccccc4)CC3)cs2)CC1. The molecule has 0 aliphatic carbocycles. The van der Waals surface area contributed by atoms with E-state index < -0.39 is 0 Å². The molecule has 0 saturated carbocycles. The van der Waals surface area contributed by atoms with Crippen LogP contribution in [0.5, 0.6) is 0 Å². The highest BCUT2D eigenvalue weighted by Crippen LogP contribution is 2.19. The van der Waals surface area contributed by atoms with Gasteiger partial charge in [-0.15, -0.1) is 11.3 Å². The molecule has 2 aliphatic rings. The molecule has 9 nitrogen and oxygen atoms in total. The molecule has 0 spiro atoms. The topological polar surface area (TPSA) is 89.1 Å². The summed E-state index contributed by atoms with van der Waals surface area (Å²) in [6.07, 6.45) is 0.231. The molecule has 2 saturated heterocycles. The molecule has 4 rings (SSSR count). The third kappa shape index (κ3) is 5.37. The van der Waals surface area contributed by atoms with E-state index in [2.05, 4.69) is 27.3 Å². The van der Waals surface area contributed by atoms with E-state index in [0.29, 0.717) is 50.1 Å². The Hall–Kier alpha value is -3.14. The number of anilines is 2. The molecule has 170 valence electrons. The van der Waals surface area contributed by atoms with Crippen LogP contribution in [0.4, 0.5) is 15.6 Å². The van der Waals surface area contributed by atoms with E-state index in [4.69, 9.17) is 0 Å². The second-order valence-electron chi connectivity index (χ2n) is 7.95. The summed E-state index contributed by atoms with van der Waals surface area (Å²) in [7, 11) is 0. The summed E-state index contributed by atoms with van der Waals surface area (Å²) in [5, 5.41) is 5.12. The first-order valence-corrected chi connectivity index (χ1v) is 11.7. The predicted molar refractivity (Wildman–Crippen MR) is 124 cm³/mol. The van der Waals surface area contributed by atoms with Crippen molar-refractivity contribution < 1.29 is 14.4 Å². The van der Waals surface area contributed by atoms with Crippen molar-refractivity contribution in [2.45, 2.75) is 13.3 Å². The van der Waals surface area contributed by atoms with Crippen molar-refractivity contribution in [3.63, 3.8) is 0 Å². The number of piperazine rings is 2. The Balaban J connectivity index is 1.23. The van der Waals surface area contributed by atoms with Gasteiger partial charge in [-0.2, -0.15) is 0 Å². The number of para-hydroxylation sites is 1. The van der Waals surface area contributed by atoms with Crippen LogP contribution < -0.4 is 10.2 Å². The number of thiazole rings is 1. The van der Waals surface area contributed by atoms with Crippen LogP contribution >= 0.6 is 11.3 Å². The van der Waals surface area contributed by atoms with Crippen LogP contribution in [0.25, 0.3) is 0 Å². The second kappa shape index (κ2) is 9.99. The van der Waals surface area contributed by atoms with Crippen molar-refractivity contribution in [3.8, 4) is 0 Å². The molecular weight excluding hydrogens is 428 g/mol. The van der Waals surface area contributed by atoms with Crippen molar-refractivity contribution in [1.29, 1.82) is 0 Å². The maximum atomic E-state index is 12.7. The van der Waals surface area contributed by atoms with E-state index in [9.17, 15) is 14.4 Å². The zero-order valence-electron chi connectivity index (χ0n) is 18.2. The van der Waals surface area contributed by atoms with Gasteiger partial charge >= 0.3 is 6.03 Å². The molecule has 10 heteroatoms. The van der Waals surface area contributed by atoms with E-state index in [-0.39, 0.29) is 24.3 Å². The molecule has 1 aromatic carbocycles. The Morgan fingerprint density at radius 3 is 2.19 bits per heavy atom. The summed E-state index contributed by atoms with van der Waals surface area (Å²) in [5.41, 5.74) is 1.85. The third-order valence-electron chi connectivity index (χ3n) is 5.86. The average Bonchev–Trinajstić information content (AvgIpc) is 3.26. The van der Waals surface area contributed by atoms with Gasteiger partial charge in [0, 0.05) is 70.3 Å². The first-order valence-electron chi connectivity index (χ1n) is 10.8. The summed E-state index contributed by atoms with van der Waals surface area (Å²) in [6, 6.07) is 10.0. The van der Waals surface area contributed by atoms with Gasteiger partial charge in [-0.05, 0) is 12.1 Å². The Kier molecular flexibility index (Phi) is 6.89. The van der Waals surface area contributed by atoms with E-state index in [1.165, 1.54) is 23.9 Å². The highest BCUT2D eigenvalue weighted by molar-refractivity contribution is 7.13. The van der Waals surface area contributed by atoms with Crippen LogP contribution in [0, 0.1) is 0 Å². The lowest BCUT2D eigenvalue weighted by Crippen LogP contribution is -2.51. The quantitative estimate of drug-likeness (QED) is 0.757. The molecular formula is C22H28N6O3S. The van der Waals surface area contributed by atoms with Crippen LogP contribution in [0.1, 0.15) is 12.6 Å².